The van der Waals surface area contributed by atoms with Gasteiger partial charge in [0.15, 0.2) is 0 Å². The number of nitrogens with zero attached hydrogens (tertiary/aromatic N) is 3. The van der Waals surface area contributed by atoms with Crippen molar-refractivity contribution in [2.24, 2.45) is 11.0 Å². The molecule has 4 aromatic rings. The molecule has 2 aromatic carbocycles. The number of aromatic nitrogens is 3. The van der Waals surface area contributed by atoms with Gasteiger partial charge in [0.25, 0.3) is 0 Å². The number of carbonyl (C=O) groups is 2. The highest BCUT2D eigenvalue weighted by atomic mass is 16.2. The average molecular weight is 466 g/mol. The molecule has 2 aromatic heterocycles. The number of urea groups is 1. The van der Waals surface area contributed by atoms with Crippen molar-refractivity contribution in [1.29, 1.82) is 0 Å². The van der Waals surface area contributed by atoms with E-state index in [1.165, 1.54) is 0 Å². The minimum atomic E-state index is -0.357. The summed E-state index contributed by atoms with van der Waals surface area (Å²) >= 11 is 0. The molecule has 1 atom stereocenters. The molecule has 1 aliphatic rings. The highest BCUT2D eigenvalue weighted by Gasteiger charge is 2.21. The zero-order valence-electron chi connectivity index (χ0n) is 18.9. The Balaban J connectivity index is 1.23. The Kier molecular flexibility index (Phi) is 6.04. The fourth-order valence-electron chi connectivity index (χ4n) is 3.92. The third-order valence-electron chi connectivity index (χ3n) is 5.67. The molecule has 174 valence electrons. The van der Waals surface area contributed by atoms with Crippen molar-refractivity contribution in [3.63, 3.8) is 0 Å². The van der Waals surface area contributed by atoms with Gasteiger partial charge in [-0.3, -0.25) is 14.9 Å². The van der Waals surface area contributed by atoms with E-state index in [2.05, 4.69) is 36.3 Å². The Morgan fingerprint density at radius 2 is 1.86 bits per heavy atom. The number of anilines is 2. The van der Waals surface area contributed by atoms with Crippen molar-refractivity contribution in [2.75, 3.05) is 10.6 Å². The molecule has 4 N–H and O–H groups in total. The first-order valence-electron chi connectivity index (χ1n) is 11.2. The van der Waals surface area contributed by atoms with Gasteiger partial charge in [-0.1, -0.05) is 31.2 Å². The number of hydrogen-bond acceptors (Lipinski definition) is 5. The van der Waals surface area contributed by atoms with Gasteiger partial charge in [0.2, 0.25) is 5.91 Å². The maximum Gasteiger partial charge on any atom is 0.323 e. The number of carbonyl (C=O) groups excluding carboxylic acids is 2. The predicted molar refractivity (Wildman–Crippen MR) is 137 cm³/mol. The number of pyridine rings is 1. The number of nitrogens with one attached hydrogen (secondary N) is 4. The lowest BCUT2D eigenvalue weighted by Gasteiger charge is -2.19. The largest absolute Gasteiger partial charge is 0.323 e. The number of aromatic amines is 1. The van der Waals surface area contributed by atoms with Crippen LogP contribution in [0, 0.1) is 5.92 Å². The summed E-state index contributed by atoms with van der Waals surface area (Å²) in [7, 11) is 0. The van der Waals surface area contributed by atoms with Gasteiger partial charge in [-0.15, -0.1) is 0 Å². The zero-order valence-corrected chi connectivity index (χ0v) is 18.9. The Morgan fingerprint density at radius 1 is 1.06 bits per heavy atom. The number of benzene rings is 2. The highest BCUT2D eigenvalue weighted by Crippen LogP contribution is 2.23. The summed E-state index contributed by atoms with van der Waals surface area (Å²) in [5.41, 5.74) is 8.13. The highest BCUT2D eigenvalue weighted by molar-refractivity contribution is 6.06. The van der Waals surface area contributed by atoms with Crippen LogP contribution in [0.1, 0.15) is 30.2 Å². The second-order valence-electron chi connectivity index (χ2n) is 8.28. The van der Waals surface area contributed by atoms with Crippen molar-refractivity contribution < 1.29 is 9.59 Å². The molecule has 0 fully saturated rings. The lowest BCUT2D eigenvalue weighted by atomic mass is 9.94. The summed E-state index contributed by atoms with van der Waals surface area (Å²) in [6.45, 7) is 1.97. The molecular formula is C26H23N7O2. The summed E-state index contributed by atoms with van der Waals surface area (Å²) in [6.07, 6.45) is 7.79. The number of rotatable bonds is 5. The quantitative estimate of drug-likeness (QED) is 0.343. The van der Waals surface area contributed by atoms with Crippen LogP contribution in [0.5, 0.6) is 0 Å². The van der Waals surface area contributed by atoms with Gasteiger partial charge in [0.05, 0.1) is 16.9 Å². The smallest absolute Gasteiger partial charge is 0.308 e. The van der Waals surface area contributed by atoms with E-state index in [0.29, 0.717) is 17.8 Å². The lowest BCUT2D eigenvalue weighted by molar-refractivity contribution is -0.121. The van der Waals surface area contributed by atoms with Gasteiger partial charge in [0, 0.05) is 41.5 Å². The topological polar surface area (TPSA) is 124 Å². The molecule has 0 radical (unpaired) electrons. The molecule has 0 bridgehead atoms. The number of fused-ring (bicyclic) bond motifs is 1. The normalized spacial score (nSPS) is 15.6. The Hall–Kier alpha value is -4.79. The van der Waals surface area contributed by atoms with Crippen molar-refractivity contribution in [2.45, 2.75) is 13.3 Å². The van der Waals surface area contributed by atoms with Gasteiger partial charge in [-0.2, -0.15) is 10.2 Å². The summed E-state index contributed by atoms with van der Waals surface area (Å²) < 4.78 is 0. The fourth-order valence-corrected chi connectivity index (χ4v) is 3.92. The van der Waals surface area contributed by atoms with E-state index in [1.54, 1.807) is 24.5 Å². The molecule has 0 saturated heterocycles. The van der Waals surface area contributed by atoms with E-state index < -0.39 is 0 Å². The van der Waals surface area contributed by atoms with Crippen molar-refractivity contribution in [3.8, 4) is 0 Å². The fraction of sp³-hybridized carbons (Fsp3) is 0.115. The SMILES string of the molecule is CC1CC(=O)NN=C1c1ccc(NC(=O)Nc2ccc3c(/C=C/c4cccnc4)n[nH]c3c2)cc1. The average Bonchev–Trinajstić information content (AvgIpc) is 3.26. The van der Waals surface area contributed by atoms with Crippen LogP contribution in [0.2, 0.25) is 0 Å². The summed E-state index contributed by atoms with van der Waals surface area (Å²) in [6, 6.07) is 16.4. The summed E-state index contributed by atoms with van der Waals surface area (Å²) in [5, 5.41) is 18.1. The van der Waals surface area contributed by atoms with Crippen LogP contribution in [0.25, 0.3) is 23.1 Å². The lowest BCUT2D eigenvalue weighted by Crippen LogP contribution is -2.31. The monoisotopic (exact) mass is 465 g/mol. The molecule has 0 saturated carbocycles. The first kappa shape index (κ1) is 22.0. The van der Waals surface area contributed by atoms with E-state index in [-0.39, 0.29) is 17.9 Å². The number of hydrazone groups is 1. The maximum atomic E-state index is 12.5. The summed E-state index contributed by atoms with van der Waals surface area (Å²) in [4.78, 5) is 28.1. The number of hydrogen-bond donors (Lipinski definition) is 4. The Morgan fingerprint density at radius 3 is 2.63 bits per heavy atom. The minimum Gasteiger partial charge on any atom is -0.308 e. The molecule has 3 heterocycles. The number of amides is 3. The van der Waals surface area contributed by atoms with Crippen molar-refractivity contribution in [1.82, 2.24) is 20.6 Å². The Bertz CT molecular complexity index is 1440. The molecule has 1 aliphatic heterocycles. The van der Waals surface area contributed by atoms with Gasteiger partial charge >= 0.3 is 6.03 Å². The Labute approximate surface area is 201 Å². The molecule has 1 unspecified atom stereocenters. The van der Waals surface area contributed by atoms with E-state index in [0.717, 1.165) is 33.4 Å². The minimum absolute atomic E-state index is 0.0367. The van der Waals surface area contributed by atoms with Gasteiger partial charge in [-0.05, 0) is 53.6 Å². The van der Waals surface area contributed by atoms with E-state index in [9.17, 15) is 9.59 Å². The van der Waals surface area contributed by atoms with E-state index in [1.807, 2.05) is 61.5 Å². The van der Waals surface area contributed by atoms with Gasteiger partial charge in [0.1, 0.15) is 0 Å². The molecule has 0 aliphatic carbocycles. The number of H-pyrrole nitrogens is 1. The van der Waals surface area contributed by atoms with Gasteiger partial charge < -0.3 is 10.6 Å². The van der Waals surface area contributed by atoms with Crippen LogP contribution in [-0.2, 0) is 4.79 Å². The van der Waals surface area contributed by atoms with Crippen LogP contribution >= 0.6 is 0 Å². The first-order valence-corrected chi connectivity index (χ1v) is 11.2. The predicted octanol–water partition coefficient (Wildman–Crippen LogP) is 4.63. The van der Waals surface area contributed by atoms with Crippen LogP contribution in [-0.4, -0.2) is 32.8 Å². The molecule has 5 rings (SSSR count). The molecule has 35 heavy (non-hydrogen) atoms. The van der Waals surface area contributed by atoms with Crippen molar-refractivity contribution >= 4 is 52.1 Å². The first-order chi connectivity index (χ1) is 17.0. The second-order valence-corrected chi connectivity index (χ2v) is 8.28. The third-order valence-corrected chi connectivity index (χ3v) is 5.67. The molecule has 9 heteroatoms. The molecular weight excluding hydrogens is 442 g/mol. The van der Waals surface area contributed by atoms with Crippen LogP contribution < -0.4 is 16.1 Å². The summed E-state index contributed by atoms with van der Waals surface area (Å²) in [5.74, 6) is -0.0449. The maximum absolute atomic E-state index is 12.5. The van der Waals surface area contributed by atoms with Crippen molar-refractivity contribution in [3.05, 3.63) is 83.8 Å². The van der Waals surface area contributed by atoms with Crippen LogP contribution in [0.15, 0.2) is 72.1 Å². The third kappa shape index (κ3) is 5.09. The molecule has 0 spiro atoms. The molecule has 9 nitrogen and oxygen atoms in total. The van der Waals surface area contributed by atoms with E-state index >= 15 is 0 Å². The molecule has 3 amide bonds. The second kappa shape index (κ2) is 9.60. The van der Waals surface area contributed by atoms with Crippen LogP contribution in [0.3, 0.4) is 0 Å². The standard InChI is InChI=1S/C26H23N7O2/c1-16-13-24(34)32-33-25(16)18-5-7-19(8-6-18)28-26(35)29-20-9-10-21-22(30-31-23(21)14-20)11-4-17-3-2-12-27-15-17/h2-12,14-16H,13H2,1H3,(H,30,31)(H,32,34)(H2,28,29,35)/b11-4+. The zero-order chi connectivity index (χ0) is 24.2. The van der Waals surface area contributed by atoms with Gasteiger partial charge in [-0.25, -0.2) is 10.2 Å². The van der Waals surface area contributed by atoms with E-state index in [4.69, 9.17) is 0 Å². The van der Waals surface area contributed by atoms with Crippen LogP contribution in [0.4, 0.5) is 16.2 Å².